The van der Waals surface area contributed by atoms with Crippen LogP contribution >= 0.6 is 30.4 Å². The monoisotopic (exact) mass is 704 g/mol. The summed E-state index contributed by atoms with van der Waals surface area (Å²) in [7, 11) is -18.8. The van der Waals surface area contributed by atoms with Crippen molar-refractivity contribution >= 4 is 178 Å². The van der Waals surface area contributed by atoms with Crippen LogP contribution in [0.2, 0.25) is 0 Å². The molecule has 8 N–H and O–H groups in total. The maximum atomic E-state index is 11.0. The third kappa shape index (κ3) is 39.4. The average molecular weight is 704 g/mol. The number of rotatable bonds is 11. The van der Waals surface area contributed by atoms with Gasteiger partial charge < -0.3 is 39.1 Å². The molecule has 157 valence electrons. The first kappa shape index (κ1) is 53.2. The van der Waals surface area contributed by atoms with Gasteiger partial charge in [-0.05, 0) is 0 Å². The van der Waals surface area contributed by atoms with E-state index < -0.39 is 68.6 Å². The van der Waals surface area contributed by atoms with Crippen molar-refractivity contribution in [2.75, 3.05) is 38.2 Å². The molecule has 0 aromatic heterocycles. The fraction of sp³-hybridized carbons (Fsp3) is 1.00. The molecule has 0 aliphatic heterocycles. The third-order valence-corrected chi connectivity index (χ3v) is 5.34. The standard InChI is InChI=1S/C6H20N2O12P4.5Na.Sm/c9-21(10,11)3-7(4-22(12,13)14)1-2-8(5-23(15,16)17)6-24(18,19)20;;;;;;/h1-6H2,(H2,9,10,11)(H2,12,13,14)(H2,15,16,17)(H2,18,19,20);;;;;;/i;;;;;;1+3. The number of hydrogen-bond donors (Lipinski definition) is 8. The van der Waals surface area contributed by atoms with Gasteiger partial charge in [0.1, 0.15) is 25.1 Å². The maximum absolute atomic E-state index is 11.0. The van der Waals surface area contributed by atoms with Gasteiger partial charge in [-0.3, -0.25) is 28.1 Å². The zero-order valence-electron chi connectivity index (χ0n) is 17.5. The normalized spacial score (nSPS) is 11.7. The molecule has 0 atom stereocenters. The summed E-state index contributed by atoms with van der Waals surface area (Å²) in [5, 5.41) is 0. The van der Waals surface area contributed by atoms with E-state index in [9.17, 15) is 18.3 Å². The van der Waals surface area contributed by atoms with Gasteiger partial charge in [0.25, 0.3) is 0 Å². The van der Waals surface area contributed by atoms with Crippen molar-refractivity contribution in [1.82, 2.24) is 9.80 Å². The van der Waals surface area contributed by atoms with Crippen molar-refractivity contribution in [2.24, 2.45) is 0 Å². The van der Waals surface area contributed by atoms with Crippen LogP contribution in [0.15, 0.2) is 0 Å². The molecule has 0 saturated carbocycles. The Labute approximate surface area is 317 Å². The smallest absolute Gasteiger partial charge is 0.324 e. The molecule has 24 heteroatoms. The van der Waals surface area contributed by atoms with E-state index in [0.29, 0.717) is 9.80 Å². The van der Waals surface area contributed by atoms with E-state index in [1.54, 1.807) is 0 Å². The predicted octanol–water partition coefficient (Wildman–Crippen LogP) is -3.77. The minimum absolute atomic E-state index is 0. The minimum Gasteiger partial charge on any atom is -0.324 e. The summed E-state index contributed by atoms with van der Waals surface area (Å²) in [6.07, 6.45) is -4.18. The molecule has 0 amide bonds. The minimum atomic E-state index is -4.69. The van der Waals surface area contributed by atoms with Crippen molar-refractivity contribution in [1.29, 1.82) is 0 Å². The topological polar surface area (TPSA) is 237 Å². The van der Waals surface area contributed by atoms with E-state index in [4.69, 9.17) is 39.1 Å². The average Bonchev–Trinajstić information content (AvgIpc) is 2.16. The molecule has 0 heterocycles. The van der Waals surface area contributed by atoms with E-state index in [1.165, 1.54) is 0 Å². The second-order valence-corrected chi connectivity index (χ2v) is 11.5. The first-order valence-corrected chi connectivity index (χ1v) is 13.2. The molecule has 0 bridgehead atoms. The second kappa shape index (κ2) is 23.7. The van der Waals surface area contributed by atoms with Gasteiger partial charge in [-0.25, -0.2) is 0 Å². The molecule has 30 heavy (non-hydrogen) atoms. The second-order valence-electron chi connectivity index (χ2n) is 5.01. The van der Waals surface area contributed by atoms with Crippen molar-refractivity contribution in [3.63, 3.8) is 0 Å². The first-order chi connectivity index (χ1) is 10.4. The Hall–Kier alpha value is 6.86. The van der Waals surface area contributed by atoms with Gasteiger partial charge in [0.2, 0.25) is 0 Å². The summed E-state index contributed by atoms with van der Waals surface area (Å²) < 4.78 is 43.9. The van der Waals surface area contributed by atoms with Gasteiger partial charge in [0.05, 0.1) is 0 Å². The Morgan fingerprint density at radius 1 is 0.433 bits per heavy atom. The van der Waals surface area contributed by atoms with Crippen molar-refractivity contribution < 1.29 is 97.8 Å². The summed E-state index contributed by atoms with van der Waals surface area (Å²) in [4.78, 5) is 72.3. The van der Waals surface area contributed by atoms with Crippen molar-refractivity contribution in [2.45, 2.75) is 0 Å². The van der Waals surface area contributed by atoms with Gasteiger partial charge in [-0.1, -0.05) is 0 Å². The summed E-state index contributed by atoms with van der Waals surface area (Å²) >= 11 is 0. The predicted molar refractivity (Wildman–Crippen MR) is 110 cm³/mol. The molecular formula is C6H20N2Na5O12P4Sm. The number of hydrogen-bond acceptors (Lipinski definition) is 6. The molecule has 14 nitrogen and oxygen atoms in total. The van der Waals surface area contributed by atoms with Gasteiger partial charge in [0, 0.05) is 201 Å². The van der Waals surface area contributed by atoms with Crippen molar-refractivity contribution in [3.8, 4) is 0 Å². The third-order valence-electron chi connectivity index (χ3n) is 2.27. The largest absolute Gasteiger partial charge is 0.339 e. The Morgan fingerprint density at radius 3 is 0.667 bits per heavy atom. The Kier molecular flexibility index (Phi) is 42.0. The molecular weight excluding hydrogens is 684 g/mol. The quantitative estimate of drug-likeness (QED) is 0.0762. The van der Waals surface area contributed by atoms with E-state index in [2.05, 4.69) is 0 Å². The van der Waals surface area contributed by atoms with E-state index in [1.807, 2.05) is 0 Å². The molecule has 0 aliphatic carbocycles. The van der Waals surface area contributed by atoms with Crippen LogP contribution in [0.4, 0.5) is 0 Å². The first-order valence-electron chi connectivity index (χ1n) is 5.99. The van der Waals surface area contributed by atoms with Crippen LogP contribution in [0.5, 0.6) is 0 Å². The Morgan fingerprint density at radius 2 is 0.567 bits per heavy atom. The van der Waals surface area contributed by atoms with Crippen LogP contribution in [0.1, 0.15) is 0 Å². The summed E-state index contributed by atoms with van der Waals surface area (Å²) in [5.41, 5.74) is 0. The summed E-state index contributed by atoms with van der Waals surface area (Å²) in [5.74, 6) is 0. The molecule has 0 saturated heterocycles. The van der Waals surface area contributed by atoms with Crippen LogP contribution in [0.25, 0.3) is 0 Å². The van der Waals surface area contributed by atoms with E-state index >= 15 is 0 Å². The zero-order valence-corrected chi connectivity index (χ0v) is 33.7. The van der Waals surface area contributed by atoms with Crippen LogP contribution in [0.3, 0.4) is 0 Å². The molecule has 0 aromatic carbocycles. The fourth-order valence-corrected chi connectivity index (χ4v) is 5.06. The molecule has 0 spiro atoms. The number of nitrogens with zero attached hydrogens (tertiary/aromatic N) is 2. The molecule has 0 aliphatic rings. The molecule has 0 unspecified atom stereocenters. The molecule has 5 radical (unpaired) electrons. The fourth-order valence-electron chi connectivity index (χ4n) is 1.70. The Bertz CT molecular complexity index is 512. The van der Waals surface area contributed by atoms with Crippen molar-refractivity contribution in [3.05, 3.63) is 0 Å². The SMILES string of the molecule is O=P(O)(O)CN(CCN(CP(=O)(O)O)CP(=O)(O)O)CP(=O)(O)O.[153Sm].[Na].[Na].[Na].[Na].[Na]. The summed E-state index contributed by atoms with van der Waals surface area (Å²) in [6.45, 7) is -1.01. The van der Waals surface area contributed by atoms with Gasteiger partial charge in [0.15, 0.2) is 0 Å². The van der Waals surface area contributed by atoms with Gasteiger partial charge in [-0.2, -0.15) is 0 Å². The van der Waals surface area contributed by atoms with Crippen LogP contribution in [-0.4, -0.2) is 235 Å². The van der Waals surface area contributed by atoms with E-state index in [0.717, 1.165) is 0 Å². The Balaban J connectivity index is -0.000000176. The van der Waals surface area contributed by atoms with Crippen LogP contribution in [0, 0.1) is 40.4 Å². The summed E-state index contributed by atoms with van der Waals surface area (Å²) in [6, 6.07) is 0. The zero-order chi connectivity index (χ0) is 19.4. The molecule has 0 aromatic rings. The maximum Gasteiger partial charge on any atom is 0.339 e. The molecule has 0 fully saturated rings. The van der Waals surface area contributed by atoms with Gasteiger partial charge in [-0.15, -0.1) is 0 Å². The van der Waals surface area contributed by atoms with Crippen LogP contribution in [-0.2, 0) is 18.3 Å². The van der Waals surface area contributed by atoms with E-state index in [-0.39, 0.29) is 188 Å². The van der Waals surface area contributed by atoms with Crippen LogP contribution < -0.4 is 0 Å². The molecule has 0 rings (SSSR count). The van der Waals surface area contributed by atoms with Gasteiger partial charge >= 0.3 is 30.4 Å².